The highest BCUT2D eigenvalue weighted by Gasteiger charge is 2.36. The molecule has 0 saturated carbocycles. The Kier molecular flexibility index (Phi) is 3.24. The second-order valence-corrected chi connectivity index (χ2v) is 4.68. The van der Waals surface area contributed by atoms with Crippen LogP contribution >= 0.6 is 11.3 Å². The van der Waals surface area contributed by atoms with Gasteiger partial charge >= 0.3 is 6.18 Å². The Hall–Kier alpha value is -1.29. The zero-order valence-corrected chi connectivity index (χ0v) is 9.98. The minimum Gasteiger partial charge on any atom is -0.170 e. The van der Waals surface area contributed by atoms with E-state index in [1.54, 1.807) is 35.6 Å². The maximum atomic E-state index is 12.5. The molecule has 1 atom stereocenters. The van der Waals surface area contributed by atoms with Crippen molar-refractivity contribution in [1.29, 1.82) is 0 Å². The van der Waals surface area contributed by atoms with Crippen LogP contribution in [-0.2, 0) is 0 Å². The molecule has 0 unspecified atom stereocenters. The average Bonchev–Trinajstić information content (AvgIpc) is 2.80. The quantitative estimate of drug-likeness (QED) is 0.702. The van der Waals surface area contributed by atoms with E-state index < -0.39 is 12.1 Å². The Balaban J connectivity index is 2.25. The van der Waals surface area contributed by atoms with E-state index in [-0.39, 0.29) is 0 Å². The van der Waals surface area contributed by atoms with Gasteiger partial charge in [0.25, 0.3) is 0 Å². The predicted octanol–water partition coefficient (Wildman–Crippen LogP) is 5.08. The van der Waals surface area contributed by atoms with Gasteiger partial charge in [-0.25, -0.2) is 0 Å². The topological polar surface area (TPSA) is 0 Å². The van der Waals surface area contributed by atoms with Crippen molar-refractivity contribution in [3.05, 3.63) is 46.7 Å². The van der Waals surface area contributed by atoms with Gasteiger partial charge < -0.3 is 0 Å². The number of hydrogen-bond acceptors (Lipinski definition) is 1. The minimum absolute atomic E-state index is 0.302. The lowest BCUT2D eigenvalue weighted by atomic mass is 9.98. The summed E-state index contributed by atoms with van der Waals surface area (Å²) in [5.74, 6) is -1.42. The van der Waals surface area contributed by atoms with E-state index in [2.05, 4.69) is 0 Å². The van der Waals surface area contributed by atoms with Crippen LogP contribution in [-0.4, -0.2) is 6.18 Å². The Labute approximate surface area is 102 Å². The normalized spacial score (nSPS) is 13.6. The van der Waals surface area contributed by atoms with Gasteiger partial charge in [0.1, 0.15) is 0 Å². The lowest BCUT2D eigenvalue weighted by Gasteiger charge is -2.16. The van der Waals surface area contributed by atoms with Gasteiger partial charge in [-0.2, -0.15) is 24.5 Å². The Morgan fingerprint density at radius 3 is 2.12 bits per heavy atom. The first-order valence-electron chi connectivity index (χ1n) is 5.18. The summed E-state index contributed by atoms with van der Waals surface area (Å²) in [7, 11) is 0. The molecule has 0 fully saturated rings. The van der Waals surface area contributed by atoms with Crippen LogP contribution in [0.5, 0.6) is 0 Å². The zero-order chi connectivity index (χ0) is 12.5. The summed E-state index contributed by atoms with van der Waals surface area (Å²) in [6.07, 6.45) is -4.18. The maximum Gasteiger partial charge on any atom is 0.395 e. The lowest BCUT2D eigenvalue weighted by Crippen LogP contribution is -2.17. The second-order valence-electron chi connectivity index (χ2n) is 3.90. The Bertz CT molecular complexity index is 468. The van der Waals surface area contributed by atoms with Crippen LogP contribution < -0.4 is 0 Å². The van der Waals surface area contributed by atoms with Crippen molar-refractivity contribution >= 4 is 11.3 Å². The van der Waals surface area contributed by atoms with E-state index in [1.165, 1.54) is 6.92 Å². The number of halogens is 3. The minimum atomic E-state index is -4.18. The van der Waals surface area contributed by atoms with Crippen LogP contribution in [0.1, 0.15) is 18.4 Å². The van der Waals surface area contributed by atoms with Crippen molar-refractivity contribution < 1.29 is 13.2 Å². The maximum absolute atomic E-state index is 12.5. The van der Waals surface area contributed by atoms with Gasteiger partial charge in [-0.05, 0) is 40.4 Å². The molecule has 0 aliphatic carbocycles. The highest BCUT2D eigenvalue weighted by atomic mass is 32.1. The fourth-order valence-corrected chi connectivity index (χ4v) is 2.25. The van der Waals surface area contributed by atoms with Gasteiger partial charge in [-0.3, -0.25) is 0 Å². The van der Waals surface area contributed by atoms with Crippen LogP contribution in [0.4, 0.5) is 13.2 Å². The van der Waals surface area contributed by atoms with Crippen molar-refractivity contribution in [1.82, 2.24) is 0 Å². The summed E-state index contributed by atoms with van der Waals surface area (Å²) in [6, 6.07) is 8.52. The summed E-state index contributed by atoms with van der Waals surface area (Å²) < 4.78 is 37.5. The lowest BCUT2D eigenvalue weighted by molar-refractivity contribution is -0.146. The van der Waals surface area contributed by atoms with Crippen molar-refractivity contribution in [2.24, 2.45) is 0 Å². The number of hydrogen-bond donors (Lipinski definition) is 0. The van der Waals surface area contributed by atoms with Crippen LogP contribution in [0.3, 0.4) is 0 Å². The van der Waals surface area contributed by atoms with E-state index in [9.17, 15) is 13.2 Å². The standard InChI is InChI=1S/C13H11F3S/c1-9(13(14,15)16)10-2-4-11(5-3-10)12-6-7-17-8-12/h2-9H,1H3/t9-/m1/s1. The molecule has 4 heteroatoms. The van der Waals surface area contributed by atoms with Gasteiger partial charge in [0.15, 0.2) is 0 Å². The summed E-state index contributed by atoms with van der Waals surface area (Å²) >= 11 is 1.57. The molecule has 0 radical (unpaired) electrons. The highest BCUT2D eigenvalue weighted by molar-refractivity contribution is 7.08. The molecule has 17 heavy (non-hydrogen) atoms. The van der Waals surface area contributed by atoms with Crippen molar-refractivity contribution in [3.8, 4) is 11.1 Å². The molecule has 0 bridgehead atoms. The van der Waals surface area contributed by atoms with E-state index in [1.807, 2.05) is 16.8 Å². The molecular weight excluding hydrogens is 245 g/mol. The zero-order valence-electron chi connectivity index (χ0n) is 9.16. The largest absolute Gasteiger partial charge is 0.395 e. The van der Waals surface area contributed by atoms with Gasteiger partial charge in [0.05, 0.1) is 5.92 Å². The molecule has 0 spiro atoms. The SMILES string of the molecule is C[C@H](c1ccc(-c2ccsc2)cc1)C(F)(F)F. The summed E-state index contributed by atoms with van der Waals surface area (Å²) in [5.41, 5.74) is 2.29. The van der Waals surface area contributed by atoms with E-state index in [4.69, 9.17) is 0 Å². The van der Waals surface area contributed by atoms with Crippen LogP contribution in [0.25, 0.3) is 11.1 Å². The predicted molar refractivity (Wildman–Crippen MR) is 64.2 cm³/mol. The molecule has 1 aromatic heterocycles. The van der Waals surface area contributed by atoms with E-state index in [0.717, 1.165) is 11.1 Å². The van der Waals surface area contributed by atoms with Crippen molar-refractivity contribution in [3.63, 3.8) is 0 Å². The molecule has 0 nitrogen and oxygen atoms in total. The monoisotopic (exact) mass is 256 g/mol. The second kappa shape index (κ2) is 4.53. The molecule has 1 aromatic carbocycles. The van der Waals surface area contributed by atoms with E-state index >= 15 is 0 Å². The Morgan fingerprint density at radius 1 is 1.00 bits per heavy atom. The third-order valence-electron chi connectivity index (χ3n) is 2.76. The highest BCUT2D eigenvalue weighted by Crippen LogP contribution is 2.35. The first-order valence-corrected chi connectivity index (χ1v) is 6.12. The van der Waals surface area contributed by atoms with Gasteiger partial charge in [0, 0.05) is 0 Å². The van der Waals surface area contributed by atoms with Crippen molar-refractivity contribution in [2.45, 2.75) is 19.0 Å². The third-order valence-corrected chi connectivity index (χ3v) is 3.44. The molecule has 0 N–H and O–H groups in total. The first kappa shape index (κ1) is 12.2. The smallest absolute Gasteiger partial charge is 0.170 e. The van der Waals surface area contributed by atoms with Gasteiger partial charge in [-0.1, -0.05) is 24.3 Å². The molecule has 2 rings (SSSR count). The molecule has 0 saturated heterocycles. The fraction of sp³-hybridized carbons (Fsp3) is 0.231. The molecule has 0 aliphatic rings. The third kappa shape index (κ3) is 2.69. The molecular formula is C13H11F3S. The number of benzene rings is 1. The summed E-state index contributed by atoms with van der Waals surface area (Å²) in [5, 5.41) is 3.92. The number of alkyl halides is 3. The van der Waals surface area contributed by atoms with Crippen LogP contribution in [0.15, 0.2) is 41.1 Å². The molecule has 1 heterocycles. The molecule has 0 amide bonds. The summed E-state index contributed by atoms with van der Waals surface area (Å²) in [4.78, 5) is 0. The van der Waals surface area contributed by atoms with Gasteiger partial charge in [-0.15, -0.1) is 0 Å². The molecule has 90 valence electrons. The number of thiophene rings is 1. The summed E-state index contributed by atoms with van der Waals surface area (Å²) in [6.45, 7) is 1.18. The fourth-order valence-electron chi connectivity index (χ4n) is 1.58. The van der Waals surface area contributed by atoms with E-state index in [0.29, 0.717) is 5.56 Å². The van der Waals surface area contributed by atoms with Crippen LogP contribution in [0, 0.1) is 0 Å². The average molecular weight is 256 g/mol. The first-order chi connectivity index (χ1) is 7.98. The number of rotatable bonds is 2. The van der Waals surface area contributed by atoms with Crippen LogP contribution in [0.2, 0.25) is 0 Å². The Morgan fingerprint density at radius 2 is 1.65 bits per heavy atom. The molecule has 0 aliphatic heterocycles. The molecule has 2 aromatic rings. The van der Waals surface area contributed by atoms with Crippen molar-refractivity contribution in [2.75, 3.05) is 0 Å². The van der Waals surface area contributed by atoms with Gasteiger partial charge in [0.2, 0.25) is 0 Å².